The maximum atomic E-state index is 15.7. The van der Waals surface area contributed by atoms with E-state index in [0.717, 1.165) is 18.5 Å². The van der Waals surface area contributed by atoms with Gasteiger partial charge in [0.2, 0.25) is 5.91 Å². The van der Waals surface area contributed by atoms with Crippen molar-refractivity contribution in [2.45, 2.75) is 25.7 Å². The largest absolute Gasteiger partial charge is 0.382 e. The Hall–Kier alpha value is -5.32. The molecular weight excluding hydrogens is 537 g/mol. The number of para-hydroxylation sites is 1. The van der Waals surface area contributed by atoms with E-state index in [-0.39, 0.29) is 34.5 Å². The van der Waals surface area contributed by atoms with E-state index in [2.05, 4.69) is 15.4 Å². The Bertz CT molecular complexity index is 1880. The molecule has 3 aromatic heterocycles. The summed E-state index contributed by atoms with van der Waals surface area (Å²) >= 11 is 0. The van der Waals surface area contributed by atoms with Gasteiger partial charge in [0, 0.05) is 60.3 Å². The predicted molar refractivity (Wildman–Crippen MR) is 157 cm³/mol. The number of anilines is 2. The molecule has 1 saturated heterocycles. The predicted octanol–water partition coefficient (Wildman–Crippen LogP) is 4.25. The molecule has 0 aliphatic carbocycles. The molecule has 212 valence electrons. The third kappa shape index (κ3) is 4.89. The number of fused-ring (bicyclic) bond motifs is 1. The second-order valence-corrected chi connectivity index (χ2v) is 10.3. The Morgan fingerprint density at radius 1 is 1.00 bits per heavy atom. The fourth-order valence-electron chi connectivity index (χ4n) is 5.55. The second-order valence-electron chi connectivity index (χ2n) is 10.3. The number of nitrogens with two attached hydrogens (primary N) is 1. The highest BCUT2D eigenvalue weighted by Crippen LogP contribution is 2.38. The minimum atomic E-state index is -0.649. The van der Waals surface area contributed by atoms with Crippen molar-refractivity contribution >= 4 is 28.8 Å². The van der Waals surface area contributed by atoms with Crippen molar-refractivity contribution in [1.82, 2.24) is 24.1 Å². The van der Waals surface area contributed by atoms with Crippen molar-refractivity contribution in [3.63, 3.8) is 0 Å². The summed E-state index contributed by atoms with van der Waals surface area (Å²) in [5, 5.41) is 7.05. The molecule has 0 radical (unpaired) electrons. The lowest BCUT2D eigenvalue weighted by Crippen LogP contribution is -2.36. The Morgan fingerprint density at radius 3 is 2.48 bits per heavy atom. The minimum absolute atomic E-state index is 0.0455. The molecule has 3 N–H and O–H groups in total. The molecule has 1 aliphatic rings. The van der Waals surface area contributed by atoms with Crippen molar-refractivity contribution in [2.24, 2.45) is 0 Å². The first-order chi connectivity index (χ1) is 20.3. The van der Waals surface area contributed by atoms with Crippen LogP contribution in [-0.4, -0.2) is 49.0 Å². The van der Waals surface area contributed by atoms with Gasteiger partial charge in [-0.1, -0.05) is 18.2 Å². The highest BCUT2D eigenvalue weighted by Gasteiger charge is 2.27. The molecule has 0 atom stereocenters. The molecule has 2 aromatic carbocycles. The van der Waals surface area contributed by atoms with Gasteiger partial charge in [-0.25, -0.2) is 13.9 Å². The number of likely N-dealkylation sites (tertiary alicyclic amines) is 1. The number of amides is 2. The van der Waals surface area contributed by atoms with Crippen LogP contribution >= 0.6 is 0 Å². The van der Waals surface area contributed by atoms with Crippen LogP contribution in [0.3, 0.4) is 0 Å². The quantitative estimate of drug-likeness (QED) is 0.328. The number of hydrogen-bond acceptors (Lipinski definition) is 6. The number of piperidine rings is 1. The van der Waals surface area contributed by atoms with E-state index in [4.69, 9.17) is 5.73 Å². The summed E-state index contributed by atoms with van der Waals surface area (Å²) in [5.74, 6) is -0.879. The lowest BCUT2D eigenvalue weighted by atomic mass is 9.93. The molecule has 42 heavy (non-hydrogen) atoms. The first-order valence-electron chi connectivity index (χ1n) is 13.6. The number of carbonyl (C=O) groups is 2. The van der Waals surface area contributed by atoms with Crippen LogP contribution in [0.25, 0.3) is 22.3 Å². The number of benzene rings is 2. The monoisotopic (exact) mass is 565 g/mol. The highest BCUT2D eigenvalue weighted by atomic mass is 19.1. The average molecular weight is 566 g/mol. The summed E-state index contributed by atoms with van der Waals surface area (Å²) in [5.41, 5.74) is 8.65. The zero-order valence-electron chi connectivity index (χ0n) is 22.8. The maximum Gasteiger partial charge on any atom is 0.267 e. The van der Waals surface area contributed by atoms with Gasteiger partial charge in [-0.2, -0.15) is 5.10 Å². The lowest BCUT2D eigenvalue weighted by molar-refractivity contribution is -0.129. The van der Waals surface area contributed by atoms with Crippen LogP contribution in [0, 0.1) is 5.82 Å². The van der Waals surface area contributed by atoms with Crippen molar-refractivity contribution in [1.29, 1.82) is 0 Å². The van der Waals surface area contributed by atoms with Gasteiger partial charge < -0.3 is 16.0 Å². The zero-order valence-corrected chi connectivity index (χ0v) is 22.8. The Kier molecular flexibility index (Phi) is 6.99. The van der Waals surface area contributed by atoms with E-state index in [1.807, 2.05) is 17.0 Å². The third-order valence-electron chi connectivity index (χ3n) is 7.71. The molecule has 10 nitrogen and oxygen atoms in total. The number of carbonyl (C=O) groups excluding carboxylic acids is 2. The molecule has 11 heteroatoms. The smallest absolute Gasteiger partial charge is 0.267 e. The SMILES string of the molecule is CC(=O)N1CCC(c2cc(-c3ccc(NC(=O)c4cccn(-c5ccccc5)c4=O)cc3F)c3c(N)ncnn23)CC1. The van der Waals surface area contributed by atoms with Gasteiger partial charge in [-0.15, -0.1) is 0 Å². The summed E-state index contributed by atoms with van der Waals surface area (Å²) in [6.45, 7) is 2.82. The van der Waals surface area contributed by atoms with Crippen LogP contribution < -0.4 is 16.6 Å². The summed E-state index contributed by atoms with van der Waals surface area (Å²) in [6, 6.07) is 18.2. The summed E-state index contributed by atoms with van der Waals surface area (Å²) in [4.78, 5) is 43.8. The lowest BCUT2D eigenvalue weighted by Gasteiger charge is -2.31. The van der Waals surface area contributed by atoms with E-state index in [9.17, 15) is 14.4 Å². The molecule has 1 aliphatic heterocycles. The van der Waals surface area contributed by atoms with E-state index in [1.165, 1.54) is 23.0 Å². The van der Waals surface area contributed by atoms with Crippen LogP contribution in [0.2, 0.25) is 0 Å². The molecule has 0 spiro atoms. The summed E-state index contributed by atoms with van der Waals surface area (Å²) < 4.78 is 18.7. The van der Waals surface area contributed by atoms with E-state index in [1.54, 1.807) is 60.1 Å². The van der Waals surface area contributed by atoms with Crippen LogP contribution in [-0.2, 0) is 4.79 Å². The maximum absolute atomic E-state index is 15.7. The minimum Gasteiger partial charge on any atom is -0.382 e. The Balaban J connectivity index is 1.30. The molecule has 0 unspecified atom stereocenters. The molecule has 4 heterocycles. The number of rotatable bonds is 5. The number of halogens is 1. The van der Waals surface area contributed by atoms with Crippen LogP contribution in [0.5, 0.6) is 0 Å². The number of aromatic nitrogens is 4. The fraction of sp³-hybridized carbons (Fsp3) is 0.194. The Morgan fingerprint density at radius 2 is 1.76 bits per heavy atom. The van der Waals surface area contributed by atoms with Crippen molar-refractivity contribution in [2.75, 3.05) is 24.1 Å². The average Bonchev–Trinajstić information content (AvgIpc) is 3.38. The van der Waals surface area contributed by atoms with Crippen molar-refractivity contribution in [3.05, 3.63) is 107 Å². The molecule has 2 amide bonds. The van der Waals surface area contributed by atoms with Gasteiger partial charge in [0.25, 0.3) is 11.5 Å². The number of hydrogen-bond donors (Lipinski definition) is 2. The summed E-state index contributed by atoms with van der Waals surface area (Å²) in [7, 11) is 0. The van der Waals surface area contributed by atoms with Gasteiger partial charge >= 0.3 is 0 Å². The molecule has 0 bridgehead atoms. The Labute approximate surface area is 240 Å². The third-order valence-corrected chi connectivity index (χ3v) is 7.71. The second kappa shape index (κ2) is 10.9. The standard InChI is InChI=1S/C31H28FN7O3/c1-19(40)37-14-11-20(12-15-37)27-17-25(28-29(33)34-18-35-39(27)28)23-10-9-21(16-26(23)32)36-30(41)24-8-5-13-38(31(24)42)22-6-3-2-4-7-22/h2-10,13,16-18,20H,11-12,14-15H2,1H3,(H,36,41)(H2,33,34,35). The molecule has 1 fully saturated rings. The number of nitrogen functional groups attached to an aromatic ring is 1. The number of nitrogens with zero attached hydrogens (tertiary/aromatic N) is 5. The summed E-state index contributed by atoms with van der Waals surface area (Å²) in [6.07, 6.45) is 4.44. The normalized spacial score (nSPS) is 13.8. The number of nitrogens with one attached hydrogen (secondary N) is 1. The van der Waals surface area contributed by atoms with Crippen LogP contribution in [0.1, 0.15) is 41.7 Å². The van der Waals surface area contributed by atoms with Crippen molar-refractivity contribution < 1.29 is 14.0 Å². The molecule has 0 saturated carbocycles. The van der Waals surface area contributed by atoms with Gasteiger partial charge in [0.15, 0.2) is 5.82 Å². The first kappa shape index (κ1) is 26.9. The first-order valence-corrected chi connectivity index (χ1v) is 13.6. The molecule has 5 aromatic rings. The van der Waals surface area contributed by atoms with Gasteiger partial charge in [0.1, 0.15) is 23.2 Å². The van der Waals surface area contributed by atoms with Crippen LogP contribution in [0.15, 0.2) is 84.0 Å². The topological polar surface area (TPSA) is 128 Å². The van der Waals surface area contributed by atoms with E-state index < -0.39 is 17.3 Å². The zero-order chi connectivity index (χ0) is 29.4. The van der Waals surface area contributed by atoms with Gasteiger partial charge in [0.05, 0.1) is 0 Å². The molecule has 6 rings (SSSR count). The van der Waals surface area contributed by atoms with Crippen LogP contribution in [0.4, 0.5) is 15.9 Å². The number of pyridine rings is 1. The van der Waals surface area contributed by atoms with E-state index >= 15 is 4.39 Å². The van der Waals surface area contributed by atoms with Gasteiger partial charge in [-0.05, 0) is 61.4 Å². The molecular formula is C31H28FN7O3. The highest BCUT2D eigenvalue weighted by molar-refractivity contribution is 6.04. The fourth-order valence-corrected chi connectivity index (χ4v) is 5.55. The van der Waals surface area contributed by atoms with Crippen molar-refractivity contribution in [3.8, 4) is 16.8 Å². The van der Waals surface area contributed by atoms with Gasteiger partial charge in [-0.3, -0.25) is 19.0 Å². The van der Waals surface area contributed by atoms with E-state index in [0.29, 0.717) is 29.9 Å².